The number of nitrogens with two attached hydrogens (primary N) is 1. The molecule has 138 valence electrons. The first-order chi connectivity index (χ1) is 13.7. The van der Waals surface area contributed by atoms with Gasteiger partial charge in [0.2, 0.25) is 0 Å². The highest BCUT2D eigenvalue weighted by atomic mass is 16.1. The Hall–Kier alpha value is -3.66. The predicted octanol–water partition coefficient (Wildman–Crippen LogP) is 3.96. The summed E-state index contributed by atoms with van der Waals surface area (Å²) in [5, 5.41) is 0.964. The highest BCUT2D eigenvalue weighted by Gasteiger charge is 2.12. The minimum absolute atomic E-state index is 0.128. The van der Waals surface area contributed by atoms with Crippen molar-refractivity contribution in [1.29, 1.82) is 0 Å². The zero-order chi connectivity index (χ0) is 19.3. The second kappa shape index (κ2) is 7.92. The van der Waals surface area contributed by atoms with Crippen molar-refractivity contribution in [3.05, 3.63) is 118 Å². The normalized spacial score (nSPS) is 11.6. The van der Waals surface area contributed by atoms with Crippen LogP contribution in [-0.2, 0) is 13.1 Å². The van der Waals surface area contributed by atoms with Crippen molar-refractivity contribution in [3.8, 4) is 0 Å². The first-order valence-electron chi connectivity index (χ1n) is 9.23. The Bertz CT molecular complexity index is 1180. The average Bonchev–Trinajstić information content (AvgIpc) is 2.75. The van der Waals surface area contributed by atoms with Crippen LogP contribution in [0, 0.1) is 0 Å². The summed E-state index contributed by atoms with van der Waals surface area (Å²) < 4.78 is 1.77. The lowest BCUT2D eigenvalue weighted by atomic mass is 10.1. The van der Waals surface area contributed by atoms with Gasteiger partial charge in [0.15, 0.2) is 0 Å². The summed E-state index contributed by atoms with van der Waals surface area (Å²) in [6.45, 7) is 0.928. The third-order valence-corrected chi connectivity index (χ3v) is 4.74. The Balaban J connectivity index is 1.78. The van der Waals surface area contributed by atoms with Crippen molar-refractivity contribution >= 4 is 16.7 Å². The molecule has 0 fully saturated rings. The molecule has 3 aromatic carbocycles. The zero-order valence-corrected chi connectivity index (χ0v) is 15.5. The minimum atomic E-state index is -0.128. The monoisotopic (exact) mass is 367 g/mol. The van der Waals surface area contributed by atoms with Crippen LogP contribution in [-0.4, -0.2) is 10.4 Å². The van der Waals surface area contributed by atoms with Crippen molar-refractivity contribution in [2.75, 3.05) is 0 Å². The molecule has 0 spiro atoms. The third-order valence-electron chi connectivity index (χ3n) is 4.74. The predicted molar refractivity (Wildman–Crippen MR) is 115 cm³/mol. The molecule has 0 radical (unpaired) electrons. The van der Waals surface area contributed by atoms with Crippen molar-refractivity contribution in [2.45, 2.75) is 13.1 Å². The molecule has 0 unspecified atom stereocenters. The van der Waals surface area contributed by atoms with Crippen LogP contribution in [0.25, 0.3) is 10.9 Å². The van der Waals surface area contributed by atoms with Gasteiger partial charge in [-0.05, 0) is 28.6 Å². The van der Waals surface area contributed by atoms with Gasteiger partial charge in [0.05, 0.1) is 24.2 Å². The summed E-state index contributed by atoms with van der Waals surface area (Å²) in [6, 6.07) is 29.5. The Morgan fingerprint density at radius 3 is 2.14 bits per heavy atom. The van der Waals surface area contributed by atoms with Gasteiger partial charge < -0.3 is 10.3 Å². The van der Waals surface area contributed by atoms with E-state index in [0.29, 0.717) is 18.7 Å². The van der Waals surface area contributed by atoms with Crippen LogP contribution >= 0.6 is 0 Å². The molecule has 2 N–H and O–H groups in total. The number of rotatable bonds is 5. The second-order valence-corrected chi connectivity index (χ2v) is 6.68. The molecule has 4 heteroatoms. The van der Waals surface area contributed by atoms with Crippen molar-refractivity contribution in [1.82, 2.24) is 4.57 Å². The smallest absolute Gasteiger partial charge is 0.262 e. The molecule has 0 aliphatic heterocycles. The number of para-hydroxylation sites is 1. The van der Waals surface area contributed by atoms with Gasteiger partial charge in [0, 0.05) is 0 Å². The fourth-order valence-electron chi connectivity index (χ4n) is 3.28. The zero-order valence-electron chi connectivity index (χ0n) is 15.5. The maximum absolute atomic E-state index is 13.2. The van der Waals surface area contributed by atoms with Crippen LogP contribution in [0.3, 0.4) is 0 Å². The van der Waals surface area contributed by atoms with E-state index in [1.54, 1.807) is 4.57 Å². The number of hydrogen-bond donors (Lipinski definition) is 1. The van der Waals surface area contributed by atoms with Crippen LogP contribution in [0.1, 0.15) is 16.7 Å². The minimum Gasteiger partial charge on any atom is -0.383 e. The van der Waals surface area contributed by atoms with E-state index in [0.717, 1.165) is 22.0 Å². The highest BCUT2D eigenvalue weighted by Crippen LogP contribution is 2.15. The standard InChI is InChI=1S/C24H21N3O/c25-23(26-16-18-9-3-1-4-10-18)21-15-20-13-7-8-14-22(20)27(24(21)28)17-19-11-5-2-6-12-19/h1-15H,16-17H2,(H2,25,26). The summed E-state index contributed by atoms with van der Waals surface area (Å²) in [7, 11) is 0. The lowest BCUT2D eigenvalue weighted by Crippen LogP contribution is -2.30. The molecule has 0 amide bonds. The largest absolute Gasteiger partial charge is 0.383 e. The quantitative estimate of drug-likeness (QED) is 0.429. The van der Waals surface area contributed by atoms with E-state index in [9.17, 15) is 4.79 Å². The number of aliphatic imine (C=N–C) groups is 1. The van der Waals surface area contributed by atoms with Gasteiger partial charge in [0.25, 0.3) is 5.56 Å². The average molecular weight is 367 g/mol. The van der Waals surface area contributed by atoms with E-state index < -0.39 is 0 Å². The highest BCUT2D eigenvalue weighted by molar-refractivity contribution is 6.00. The second-order valence-electron chi connectivity index (χ2n) is 6.68. The van der Waals surface area contributed by atoms with Crippen LogP contribution in [0.2, 0.25) is 0 Å². The molecule has 4 nitrogen and oxygen atoms in total. The maximum atomic E-state index is 13.2. The molecule has 0 aliphatic carbocycles. The summed E-state index contributed by atoms with van der Waals surface area (Å²) >= 11 is 0. The van der Waals surface area contributed by atoms with Crippen LogP contribution < -0.4 is 11.3 Å². The molecule has 4 rings (SSSR count). The lowest BCUT2D eigenvalue weighted by molar-refractivity contribution is 0.792. The Kier molecular flexibility index (Phi) is 5.02. The van der Waals surface area contributed by atoms with Gasteiger partial charge in [-0.1, -0.05) is 78.9 Å². The number of hydrogen-bond acceptors (Lipinski definition) is 2. The maximum Gasteiger partial charge on any atom is 0.262 e. The van der Waals surface area contributed by atoms with E-state index >= 15 is 0 Å². The third kappa shape index (κ3) is 3.71. The first-order valence-corrected chi connectivity index (χ1v) is 9.23. The summed E-state index contributed by atoms with van der Waals surface area (Å²) in [5.41, 5.74) is 9.54. The van der Waals surface area contributed by atoms with E-state index in [1.807, 2.05) is 91.0 Å². The number of nitrogens with zero attached hydrogens (tertiary/aromatic N) is 2. The molecular formula is C24H21N3O. The van der Waals surface area contributed by atoms with E-state index in [4.69, 9.17) is 5.73 Å². The topological polar surface area (TPSA) is 60.4 Å². The number of benzene rings is 3. The van der Waals surface area contributed by atoms with Gasteiger partial charge >= 0.3 is 0 Å². The van der Waals surface area contributed by atoms with Crippen LogP contribution in [0.15, 0.2) is 101 Å². The van der Waals surface area contributed by atoms with E-state index in [-0.39, 0.29) is 11.4 Å². The van der Waals surface area contributed by atoms with Gasteiger partial charge in [-0.25, -0.2) is 0 Å². The molecule has 0 saturated carbocycles. The van der Waals surface area contributed by atoms with Gasteiger partial charge in [-0.15, -0.1) is 0 Å². The van der Waals surface area contributed by atoms with Crippen molar-refractivity contribution in [3.63, 3.8) is 0 Å². The van der Waals surface area contributed by atoms with Crippen molar-refractivity contribution < 1.29 is 0 Å². The number of fused-ring (bicyclic) bond motifs is 1. The molecule has 1 aromatic heterocycles. The van der Waals surface area contributed by atoms with Crippen LogP contribution in [0.4, 0.5) is 0 Å². The number of aromatic nitrogens is 1. The van der Waals surface area contributed by atoms with Gasteiger partial charge in [-0.2, -0.15) is 0 Å². The first kappa shape index (κ1) is 17.7. The van der Waals surface area contributed by atoms with E-state index in [1.165, 1.54) is 0 Å². The summed E-state index contributed by atoms with van der Waals surface area (Å²) in [4.78, 5) is 17.7. The molecule has 0 atom stereocenters. The molecular weight excluding hydrogens is 346 g/mol. The number of pyridine rings is 1. The fraction of sp³-hybridized carbons (Fsp3) is 0.0833. The lowest BCUT2D eigenvalue weighted by Gasteiger charge is -2.13. The Morgan fingerprint density at radius 1 is 0.821 bits per heavy atom. The van der Waals surface area contributed by atoms with Crippen molar-refractivity contribution in [2.24, 2.45) is 10.7 Å². The van der Waals surface area contributed by atoms with Gasteiger partial charge in [-0.3, -0.25) is 9.79 Å². The van der Waals surface area contributed by atoms with Gasteiger partial charge in [0.1, 0.15) is 5.84 Å². The molecule has 28 heavy (non-hydrogen) atoms. The Labute approximate surface area is 163 Å². The summed E-state index contributed by atoms with van der Waals surface area (Å²) in [6.07, 6.45) is 0. The summed E-state index contributed by atoms with van der Waals surface area (Å²) in [5.74, 6) is 0.265. The van der Waals surface area contributed by atoms with Crippen LogP contribution in [0.5, 0.6) is 0 Å². The molecule has 1 heterocycles. The number of amidine groups is 1. The Morgan fingerprint density at radius 2 is 1.43 bits per heavy atom. The fourth-order valence-corrected chi connectivity index (χ4v) is 3.28. The van der Waals surface area contributed by atoms with E-state index in [2.05, 4.69) is 4.99 Å². The molecule has 0 saturated heterocycles. The molecule has 0 bridgehead atoms. The molecule has 0 aliphatic rings. The molecule has 4 aromatic rings. The SMILES string of the molecule is NC(=NCc1ccccc1)c1cc2ccccc2n(Cc2ccccc2)c1=O.